The van der Waals surface area contributed by atoms with Crippen LogP contribution >= 0.6 is 11.6 Å². The third kappa shape index (κ3) is 3.82. The highest BCUT2D eigenvalue weighted by Crippen LogP contribution is 2.20. The summed E-state index contributed by atoms with van der Waals surface area (Å²) in [5.41, 5.74) is 0.896. The van der Waals surface area contributed by atoms with E-state index in [0.717, 1.165) is 0 Å². The molecule has 0 saturated heterocycles. The minimum absolute atomic E-state index is 0.283. The number of pyridine rings is 2. The zero-order chi connectivity index (χ0) is 15.2. The normalized spacial score (nSPS) is 10.0. The highest BCUT2D eigenvalue weighted by Gasteiger charge is 2.12. The van der Waals surface area contributed by atoms with Crippen molar-refractivity contribution in [3.8, 4) is 5.88 Å². The lowest BCUT2D eigenvalue weighted by Crippen LogP contribution is -2.13. The maximum absolute atomic E-state index is 12.2. The predicted octanol–water partition coefficient (Wildman–Crippen LogP) is 2.82. The topological polar surface area (TPSA) is 76.1 Å². The molecule has 0 aliphatic heterocycles. The third-order valence-corrected chi connectivity index (χ3v) is 2.94. The molecule has 0 bridgehead atoms. The third-order valence-electron chi connectivity index (χ3n) is 2.64. The summed E-state index contributed by atoms with van der Waals surface area (Å²) in [5.74, 6) is 0.745. The molecule has 2 aromatic heterocycles. The number of hydrogen-bond acceptors (Lipinski definition) is 5. The van der Waals surface area contributed by atoms with Crippen molar-refractivity contribution >= 4 is 29.0 Å². The van der Waals surface area contributed by atoms with Crippen molar-refractivity contribution < 1.29 is 9.53 Å². The van der Waals surface area contributed by atoms with E-state index in [1.807, 2.05) is 6.92 Å². The van der Waals surface area contributed by atoms with Crippen LogP contribution in [-0.2, 0) is 0 Å². The SMILES string of the molecule is CCOc1ccc(NC(=O)c2cc(NC)ncc2Cl)cn1. The van der Waals surface area contributed by atoms with Gasteiger partial charge >= 0.3 is 0 Å². The predicted molar refractivity (Wildman–Crippen MR) is 82.2 cm³/mol. The van der Waals surface area contributed by atoms with Gasteiger partial charge in [0.15, 0.2) is 0 Å². The molecule has 110 valence electrons. The molecule has 0 unspecified atom stereocenters. The summed E-state index contributed by atoms with van der Waals surface area (Å²) in [4.78, 5) is 20.3. The number of nitrogens with one attached hydrogen (secondary N) is 2. The van der Waals surface area contributed by atoms with Crippen LogP contribution in [0.3, 0.4) is 0 Å². The molecule has 2 rings (SSSR count). The molecule has 7 heteroatoms. The molecule has 0 spiro atoms. The Morgan fingerprint density at radius 2 is 2.14 bits per heavy atom. The van der Waals surface area contributed by atoms with Gasteiger partial charge < -0.3 is 15.4 Å². The maximum atomic E-state index is 12.2. The lowest BCUT2D eigenvalue weighted by Gasteiger charge is -2.08. The average molecular weight is 307 g/mol. The second kappa shape index (κ2) is 6.90. The van der Waals surface area contributed by atoms with E-state index in [-0.39, 0.29) is 10.9 Å². The van der Waals surface area contributed by atoms with Crippen LogP contribution in [0.2, 0.25) is 5.02 Å². The average Bonchev–Trinajstić information content (AvgIpc) is 2.50. The second-order valence-electron chi connectivity index (χ2n) is 4.07. The molecular formula is C14H15ClN4O2. The van der Waals surface area contributed by atoms with E-state index in [2.05, 4.69) is 20.6 Å². The Hall–Kier alpha value is -2.34. The largest absolute Gasteiger partial charge is 0.478 e. The van der Waals surface area contributed by atoms with Crippen molar-refractivity contribution in [1.82, 2.24) is 9.97 Å². The van der Waals surface area contributed by atoms with Crippen molar-refractivity contribution in [2.75, 3.05) is 24.3 Å². The van der Waals surface area contributed by atoms with Gasteiger partial charge in [-0.3, -0.25) is 4.79 Å². The smallest absolute Gasteiger partial charge is 0.257 e. The Morgan fingerprint density at radius 3 is 2.76 bits per heavy atom. The van der Waals surface area contributed by atoms with E-state index >= 15 is 0 Å². The number of rotatable bonds is 5. The molecule has 0 aliphatic carbocycles. The molecule has 0 aliphatic rings. The molecule has 2 heterocycles. The van der Waals surface area contributed by atoms with E-state index in [0.29, 0.717) is 29.6 Å². The van der Waals surface area contributed by atoms with Gasteiger partial charge in [0, 0.05) is 19.3 Å². The van der Waals surface area contributed by atoms with E-state index in [4.69, 9.17) is 16.3 Å². The molecule has 0 saturated carbocycles. The molecule has 0 aromatic carbocycles. The first-order chi connectivity index (χ1) is 10.1. The lowest BCUT2D eigenvalue weighted by atomic mass is 10.2. The van der Waals surface area contributed by atoms with Crippen LogP contribution in [0.25, 0.3) is 0 Å². The fourth-order valence-electron chi connectivity index (χ4n) is 1.64. The summed E-state index contributed by atoms with van der Waals surface area (Å²) in [7, 11) is 1.72. The van der Waals surface area contributed by atoms with Crippen LogP contribution in [0.5, 0.6) is 5.88 Å². The first kappa shape index (κ1) is 15.1. The molecule has 6 nitrogen and oxygen atoms in total. The number of halogens is 1. The number of anilines is 2. The lowest BCUT2D eigenvalue weighted by molar-refractivity contribution is 0.102. The monoisotopic (exact) mass is 306 g/mol. The summed E-state index contributed by atoms with van der Waals surface area (Å²) >= 11 is 5.99. The highest BCUT2D eigenvalue weighted by molar-refractivity contribution is 6.34. The Labute approximate surface area is 127 Å². The molecule has 2 aromatic rings. The van der Waals surface area contributed by atoms with E-state index in [1.165, 1.54) is 12.4 Å². The van der Waals surface area contributed by atoms with Crippen LogP contribution in [-0.4, -0.2) is 29.5 Å². The first-order valence-electron chi connectivity index (χ1n) is 6.37. The molecule has 0 atom stereocenters. The Morgan fingerprint density at radius 1 is 1.33 bits per heavy atom. The minimum atomic E-state index is -0.329. The molecule has 0 fully saturated rings. The van der Waals surface area contributed by atoms with E-state index in [1.54, 1.807) is 25.2 Å². The van der Waals surface area contributed by atoms with E-state index < -0.39 is 0 Å². The zero-order valence-corrected chi connectivity index (χ0v) is 12.4. The van der Waals surface area contributed by atoms with Crippen LogP contribution < -0.4 is 15.4 Å². The van der Waals surface area contributed by atoms with Crippen molar-refractivity contribution in [2.24, 2.45) is 0 Å². The number of ether oxygens (including phenoxy) is 1. The summed E-state index contributed by atoms with van der Waals surface area (Å²) in [6.07, 6.45) is 2.95. The fraction of sp³-hybridized carbons (Fsp3) is 0.214. The standard InChI is InChI=1S/C14H15ClN4O2/c1-3-21-13-5-4-9(7-18-13)19-14(20)10-6-12(16-2)17-8-11(10)15/h4-8H,3H2,1-2H3,(H,16,17)(H,19,20). The number of carbonyl (C=O) groups excluding carboxylic acids is 1. The van der Waals surface area contributed by atoms with Crippen molar-refractivity contribution in [1.29, 1.82) is 0 Å². The quantitative estimate of drug-likeness (QED) is 0.888. The Bertz CT molecular complexity index is 631. The number of aromatic nitrogens is 2. The molecule has 2 N–H and O–H groups in total. The van der Waals surface area contributed by atoms with Crippen LogP contribution in [0, 0.1) is 0 Å². The first-order valence-corrected chi connectivity index (χ1v) is 6.75. The molecule has 21 heavy (non-hydrogen) atoms. The molecule has 0 radical (unpaired) electrons. The second-order valence-corrected chi connectivity index (χ2v) is 4.48. The number of amides is 1. The Kier molecular flexibility index (Phi) is 4.94. The maximum Gasteiger partial charge on any atom is 0.257 e. The van der Waals surface area contributed by atoms with Gasteiger partial charge in [0.2, 0.25) is 5.88 Å². The van der Waals surface area contributed by atoms with Crippen LogP contribution in [0.4, 0.5) is 11.5 Å². The minimum Gasteiger partial charge on any atom is -0.478 e. The van der Waals surface area contributed by atoms with Crippen molar-refractivity contribution in [2.45, 2.75) is 6.92 Å². The highest BCUT2D eigenvalue weighted by atomic mass is 35.5. The van der Waals surface area contributed by atoms with Crippen molar-refractivity contribution in [3.63, 3.8) is 0 Å². The zero-order valence-electron chi connectivity index (χ0n) is 11.7. The van der Waals surface area contributed by atoms with Crippen LogP contribution in [0.1, 0.15) is 17.3 Å². The molecular weight excluding hydrogens is 292 g/mol. The molecule has 1 amide bonds. The number of nitrogens with zero attached hydrogens (tertiary/aromatic N) is 2. The van der Waals surface area contributed by atoms with Crippen molar-refractivity contribution in [3.05, 3.63) is 41.2 Å². The summed E-state index contributed by atoms with van der Waals surface area (Å²) in [5, 5.41) is 5.86. The summed E-state index contributed by atoms with van der Waals surface area (Å²) in [6.45, 7) is 2.42. The summed E-state index contributed by atoms with van der Waals surface area (Å²) in [6, 6.07) is 4.98. The van der Waals surface area contributed by atoms with E-state index in [9.17, 15) is 4.79 Å². The van der Waals surface area contributed by atoms with Gasteiger partial charge in [-0.25, -0.2) is 9.97 Å². The number of hydrogen-bond donors (Lipinski definition) is 2. The van der Waals surface area contributed by atoms with Gasteiger partial charge in [0.05, 0.1) is 29.1 Å². The fourth-order valence-corrected chi connectivity index (χ4v) is 1.82. The van der Waals surface area contributed by atoms with Crippen LogP contribution in [0.15, 0.2) is 30.6 Å². The Balaban J connectivity index is 2.14. The van der Waals surface area contributed by atoms with Gasteiger partial charge in [-0.1, -0.05) is 11.6 Å². The van der Waals surface area contributed by atoms with Gasteiger partial charge in [-0.15, -0.1) is 0 Å². The van der Waals surface area contributed by atoms with Gasteiger partial charge in [0.25, 0.3) is 5.91 Å². The van der Waals surface area contributed by atoms with Gasteiger partial charge in [-0.05, 0) is 19.1 Å². The summed E-state index contributed by atoms with van der Waals surface area (Å²) < 4.78 is 5.24. The van der Waals surface area contributed by atoms with Gasteiger partial charge in [0.1, 0.15) is 5.82 Å². The van der Waals surface area contributed by atoms with Gasteiger partial charge in [-0.2, -0.15) is 0 Å². The number of carbonyl (C=O) groups is 1.